The van der Waals surface area contributed by atoms with Crippen LogP contribution in [0.4, 0.5) is 11.9 Å². The fourth-order valence-corrected chi connectivity index (χ4v) is 7.59. The van der Waals surface area contributed by atoms with E-state index in [0.29, 0.717) is 58.7 Å². The summed E-state index contributed by atoms with van der Waals surface area (Å²) in [4.78, 5) is 63.6. The molecule has 0 saturated heterocycles. The molecule has 0 spiro atoms. The highest BCUT2D eigenvalue weighted by Crippen LogP contribution is 2.26. The molecular weight excluding hydrogens is 745 g/mol. The van der Waals surface area contributed by atoms with Crippen molar-refractivity contribution < 1.29 is 24.3 Å². The first-order chi connectivity index (χ1) is 27.9. The van der Waals surface area contributed by atoms with E-state index in [2.05, 4.69) is 20.8 Å². The zero-order chi connectivity index (χ0) is 41.2. The van der Waals surface area contributed by atoms with E-state index in [1.807, 2.05) is 25.3 Å². The minimum atomic E-state index is -1.07. The predicted octanol–water partition coefficient (Wildman–Crippen LogP) is 2.12. The monoisotopic (exact) mass is 792 g/mol. The number of rotatable bonds is 5. The van der Waals surface area contributed by atoms with Gasteiger partial charge in [-0.2, -0.15) is 10.2 Å². The summed E-state index contributed by atoms with van der Waals surface area (Å²) in [6.45, 7) is 7.45. The first-order valence-corrected chi connectivity index (χ1v) is 19.3. The fourth-order valence-electron chi connectivity index (χ4n) is 7.59. The Kier molecular flexibility index (Phi) is 11.4. The van der Waals surface area contributed by atoms with Gasteiger partial charge in [-0.05, 0) is 82.5 Å². The van der Waals surface area contributed by atoms with Gasteiger partial charge < -0.3 is 31.4 Å². The molecule has 1 aliphatic rings. The van der Waals surface area contributed by atoms with Gasteiger partial charge in [0.2, 0.25) is 23.7 Å². The van der Waals surface area contributed by atoms with Gasteiger partial charge >= 0.3 is 0 Å². The van der Waals surface area contributed by atoms with Gasteiger partial charge in [-0.25, -0.2) is 9.97 Å². The standard InChI is InChI=1S/C39H48N14O5/c1-4-52-33-26(23(3)48-52)8-6-5-7-13-53-31(18-22(2)47-53)36(57)45-38-43-27-19-24(34(41)55)9-11-29(27)50(38)16-14-49(32(54)21-40)15-17-51-30-12-10-25(35(42)56)20-28(30)44-39(51)46-37(33)58/h9-12,18-20,32,54H,4-8,13-17,21,40H2,1-3H3,(H2,41,55)(H2,42,56)(H,43,45,57)(H,44,46,58). The lowest BCUT2D eigenvalue weighted by Crippen LogP contribution is -2.44. The van der Waals surface area contributed by atoms with Crippen LogP contribution in [0.1, 0.15) is 84.8 Å². The normalized spacial score (nSPS) is 15.7. The number of nitrogens with zero attached hydrogens (tertiary/aromatic N) is 9. The summed E-state index contributed by atoms with van der Waals surface area (Å²) in [5.41, 5.74) is 22.9. The molecule has 19 heteroatoms. The van der Waals surface area contributed by atoms with Crippen LogP contribution in [0.5, 0.6) is 0 Å². The topological polar surface area (TPSA) is 265 Å². The molecule has 2 aromatic carbocycles. The van der Waals surface area contributed by atoms with Crippen molar-refractivity contribution in [1.82, 2.24) is 43.6 Å². The van der Waals surface area contributed by atoms with Gasteiger partial charge in [0.05, 0.1) is 33.5 Å². The number of carbonyl (C=O) groups is 4. The fraction of sp³-hybridized carbons (Fsp3) is 0.385. The number of amides is 4. The van der Waals surface area contributed by atoms with Gasteiger partial charge in [0.25, 0.3) is 11.8 Å². The van der Waals surface area contributed by atoms with E-state index in [1.165, 1.54) is 0 Å². The van der Waals surface area contributed by atoms with Crippen molar-refractivity contribution in [2.75, 3.05) is 30.3 Å². The molecule has 9 N–H and O–H groups in total. The number of nitrogens with two attached hydrogens (primary N) is 3. The van der Waals surface area contributed by atoms with Crippen LogP contribution in [0.15, 0.2) is 42.5 Å². The quantitative estimate of drug-likeness (QED) is 0.147. The van der Waals surface area contributed by atoms with Crippen molar-refractivity contribution in [1.29, 1.82) is 0 Å². The van der Waals surface area contributed by atoms with Crippen LogP contribution in [0.25, 0.3) is 22.1 Å². The number of aliphatic hydroxyl groups is 1. The van der Waals surface area contributed by atoms with E-state index in [4.69, 9.17) is 27.2 Å². The number of carbonyl (C=O) groups excluding carboxylic acids is 4. The highest BCUT2D eigenvalue weighted by atomic mass is 16.3. The van der Waals surface area contributed by atoms with E-state index in [0.717, 1.165) is 30.5 Å². The Hall–Kier alpha value is -6.44. The number of primary amides is 2. The second kappa shape index (κ2) is 16.6. The Morgan fingerprint density at radius 2 is 1.38 bits per heavy atom. The summed E-state index contributed by atoms with van der Waals surface area (Å²) in [6, 6.07) is 11.5. The van der Waals surface area contributed by atoms with Crippen LogP contribution in [-0.4, -0.2) is 98.2 Å². The average molecular weight is 793 g/mol. The van der Waals surface area contributed by atoms with Crippen LogP contribution < -0.4 is 27.8 Å². The van der Waals surface area contributed by atoms with E-state index in [1.54, 1.807) is 61.3 Å². The Bertz CT molecular complexity index is 2550. The van der Waals surface area contributed by atoms with Crippen molar-refractivity contribution in [2.45, 2.75) is 78.9 Å². The first-order valence-electron chi connectivity index (χ1n) is 19.3. The molecule has 1 unspecified atom stereocenters. The number of aromatic nitrogens is 8. The summed E-state index contributed by atoms with van der Waals surface area (Å²) in [5.74, 6) is -1.56. The SMILES string of the molecule is CCn1nc(C)c2c1C(=O)Nc1nc3cc(C(N)=O)ccc3n1CCN(C(O)CN)CCn1c(nc3cc(C(N)=O)ccc31)NC(=O)c1cc(C)nn1CCCCC2. The number of imidazole rings is 2. The van der Waals surface area contributed by atoms with Crippen molar-refractivity contribution in [3.63, 3.8) is 0 Å². The van der Waals surface area contributed by atoms with Gasteiger partial charge in [-0.1, -0.05) is 6.42 Å². The minimum absolute atomic E-state index is 0.0844. The number of aryl methyl sites for hydroxylation is 4. The predicted molar refractivity (Wildman–Crippen MR) is 216 cm³/mol. The Balaban J connectivity index is 1.30. The van der Waals surface area contributed by atoms with Gasteiger partial charge in [0, 0.05) is 62.5 Å². The lowest BCUT2D eigenvalue weighted by molar-refractivity contribution is 0.00705. The molecule has 58 heavy (non-hydrogen) atoms. The van der Waals surface area contributed by atoms with Gasteiger partial charge in [0.15, 0.2) is 0 Å². The van der Waals surface area contributed by atoms with Crippen molar-refractivity contribution in [3.8, 4) is 0 Å². The molecule has 304 valence electrons. The van der Waals surface area contributed by atoms with Crippen LogP contribution in [0, 0.1) is 13.8 Å². The smallest absolute Gasteiger partial charge is 0.276 e. The molecule has 4 amide bonds. The van der Waals surface area contributed by atoms with Gasteiger partial charge in [-0.3, -0.25) is 44.1 Å². The van der Waals surface area contributed by atoms with Crippen LogP contribution in [0.3, 0.4) is 0 Å². The van der Waals surface area contributed by atoms with Gasteiger partial charge in [0.1, 0.15) is 17.6 Å². The molecule has 4 aromatic heterocycles. The van der Waals surface area contributed by atoms with Crippen molar-refractivity contribution in [3.05, 3.63) is 81.9 Å². The molecule has 6 aromatic rings. The number of anilines is 2. The summed E-state index contributed by atoms with van der Waals surface area (Å²) in [5, 5.41) is 26.5. The number of fused-ring (bicyclic) bond motifs is 8. The van der Waals surface area contributed by atoms with Crippen molar-refractivity contribution >= 4 is 57.6 Å². The Morgan fingerprint density at radius 1 is 0.793 bits per heavy atom. The highest BCUT2D eigenvalue weighted by molar-refractivity contribution is 6.05. The molecule has 19 nitrogen and oxygen atoms in total. The molecule has 5 heterocycles. The second-order valence-corrected chi connectivity index (χ2v) is 14.4. The largest absolute Gasteiger partial charge is 0.377 e. The third-order valence-corrected chi connectivity index (χ3v) is 10.6. The summed E-state index contributed by atoms with van der Waals surface area (Å²) in [6.07, 6.45) is 1.78. The maximum Gasteiger partial charge on any atom is 0.276 e. The number of hydrogen-bond acceptors (Lipinski definition) is 11. The van der Waals surface area contributed by atoms with Crippen molar-refractivity contribution in [2.24, 2.45) is 17.2 Å². The summed E-state index contributed by atoms with van der Waals surface area (Å²) < 4.78 is 6.99. The van der Waals surface area contributed by atoms with E-state index in [9.17, 15) is 24.3 Å². The van der Waals surface area contributed by atoms with E-state index >= 15 is 0 Å². The van der Waals surface area contributed by atoms with Crippen LogP contribution in [0.2, 0.25) is 0 Å². The molecule has 0 radical (unpaired) electrons. The number of hydrogen-bond donors (Lipinski definition) is 6. The minimum Gasteiger partial charge on any atom is -0.377 e. The lowest BCUT2D eigenvalue weighted by Gasteiger charge is -2.28. The molecule has 1 atom stereocenters. The third kappa shape index (κ3) is 7.91. The average Bonchev–Trinajstić information content (AvgIpc) is 3.94. The zero-order valence-electron chi connectivity index (χ0n) is 32.7. The lowest BCUT2D eigenvalue weighted by atomic mass is 10.0. The molecular formula is C39H48N14O5. The summed E-state index contributed by atoms with van der Waals surface area (Å²) >= 11 is 0. The zero-order valence-corrected chi connectivity index (χ0v) is 32.7. The molecule has 0 saturated carbocycles. The molecule has 7 rings (SSSR count). The van der Waals surface area contributed by atoms with Gasteiger partial charge in [-0.15, -0.1) is 0 Å². The second-order valence-electron chi connectivity index (χ2n) is 14.4. The van der Waals surface area contributed by atoms with E-state index < -0.39 is 23.9 Å². The van der Waals surface area contributed by atoms with E-state index in [-0.39, 0.29) is 61.7 Å². The maximum atomic E-state index is 14.3. The number of aliphatic hydroxyl groups excluding tert-OH is 1. The molecule has 0 fully saturated rings. The Morgan fingerprint density at radius 3 is 1.93 bits per heavy atom. The molecule has 0 bridgehead atoms. The molecule has 1 aliphatic heterocycles. The number of nitrogens with one attached hydrogen (secondary N) is 2. The molecule has 0 aliphatic carbocycles. The third-order valence-electron chi connectivity index (χ3n) is 10.6. The van der Waals surface area contributed by atoms with Crippen LogP contribution in [-0.2, 0) is 32.6 Å². The van der Waals surface area contributed by atoms with Crippen LogP contribution >= 0.6 is 0 Å². The summed E-state index contributed by atoms with van der Waals surface area (Å²) in [7, 11) is 0. The first kappa shape index (κ1) is 39.8. The maximum absolute atomic E-state index is 14.3. The number of benzene rings is 2. The highest BCUT2D eigenvalue weighted by Gasteiger charge is 2.26. The Labute approximate surface area is 333 Å².